The lowest BCUT2D eigenvalue weighted by molar-refractivity contribution is 0.462. The van der Waals surface area contributed by atoms with Crippen LogP contribution in [0.1, 0.15) is 32.1 Å². The van der Waals surface area contributed by atoms with Gasteiger partial charge in [0.15, 0.2) is 5.76 Å². The Morgan fingerprint density at radius 3 is 2.83 bits per heavy atom. The fraction of sp³-hybridized carbons (Fsp3) is 0.429. The molecule has 4 heteroatoms. The maximum absolute atomic E-state index is 5.35. The summed E-state index contributed by atoms with van der Waals surface area (Å²) in [6.45, 7) is 0. The Morgan fingerprint density at radius 2 is 2.06 bits per heavy atom. The number of rotatable bonds is 3. The zero-order valence-electron chi connectivity index (χ0n) is 10.3. The molecule has 0 atom stereocenters. The highest BCUT2D eigenvalue weighted by molar-refractivity contribution is 5.56. The normalized spacial score (nSPS) is 16.7. The third-order valence-electron chi connectivity index (χ3n) is 3.40. The fourth-order valence-corrected chi connectivity index (χ4v) is 2.45. The summed E-state index contributed by atoms with van der Waals surface area (Å²) >= 11 is 0. The van der Waals surface area contributed by atoms with E-state index in [-0.39, 0.29) is 0 Å². The Hall–Kier alpha value is -1.84. The zero-order chi connectivity index (χ0) is 12.2. The number of aromatic nitrogens is 2. The molecule has 0 aromatic carbocycles. The van der Waals surface area contributed by atoms with Gasteiger partial charge in [-0.1, -0.05) is 19.3 Å². The van der Waals surface area contributed by atoms with Crippen LogP contribution in [-0.4, -0.2) is 16.0 Å². The second kappa shape index (κ2) is 5.21. The summed E-state index contributed by atoms with van der Waals surface area (Å²) in [5.41, 5.74) is 0.827. The topological polar surface area (TPSA) is 51.0 Å². The van der Waals surface area contributed by atoms with Gasteiger partial charge < -0.3 is 9.73 Å². The first-order valence-electron chi connectivity index (χ1n) is 6.54. The molecular formula is C14H17N3O. The smallest absolute Gasteiger partial charge is 0.152 e. The quantitative estimate of drug-likeness (QED) is 0.896. The zero-order valence-corrected chi connectivity index (χ0v) is 10.3. The first-order valence-corrected chi connectivity index (χ1v) is 6.54. The second-order valence-corrected chi connectivity index (χ2v) is 4.75. The molecule has 2 aromatic rings. The van der Waals surface area contributed by atoms with Crippen LogP contribution in [0.25, 0.3) is 11.5 Å². The van der Waals surface area contributed by atoms with Crippen LogP contribution < -0.4 is 5.32 Å². The Balaban J connectivity index is 1.74. The van der Waals surface area contributed by atoms with E-state index in [4.69, 9.17) is 4.42 Å². The van der Waals surface area contributed by atoms with Crippen molar-refractivity contribution in [2.75, 3.05) is 5.32 Å². The van der Waals surface area contributed by atoms with E-state index in [2.05, 4.69) is 15.3 Å². The van der Waals surface area contributed by atoms with E-state index in [1.165, 1.54) is 32.1 Å². The largest absolute Gasteiger partial charge is 0.463 e. The monoisotopic (exact) mass is 243 g/mol. The van der Waals surface area contributed by atoms with Crippen molar-refractivity contribution in [3.8, 4) is 11.5 Å². The van der Waals surface area contributed by atoms with E-state index in [1.807, 2.05) is 18.2 Å². The van der Waals surface area contributed by atoms with E-state index in [1.54, 1.807) is 12.6 Å². The van der Waals surface area contributed by atoms with Gasteiger partial charge in [0.25, 0.3) is 0 Å². The molecule has 0 unspecified atom stereocenters. The highest BCUT2D eigenvalue weighted by atomic mass is 16.3. The maximum Gasteiger partial charge on any atom is 0.152 e. The molecule has 2 aromatic heterocycles. The van der Waals surface area contributed by atoms with Crippen LogP contribution in [0.2, 0.25) is 0 Å². The van der Waals surface area contributed by atoms with Crippen LogP contribution in [-0.2, 0) is 0 Å². The first-order chi connectivity index (χ1) is 8.92. The van der Waals surface area contributed by atoms with Crippen LogP contribution >= 0.6 is 0 Å². The van der Waals surface area contributed by atoms with Crippen molar-refractivity contribution >= 4 is 5.82 Å². The molecule has 0 amide bonds. The van der Waals surface area contributed by atoms with Crippen LogP contribution in [0.5, 0.6) is 0 Å². The molecule has 0 aliphatic heterocycles. The molecule has 4 nitrogen and oxygen atoms in total. The van der Waals surface area contributed by atoms with Gasteiger partial charge in [0.2, 0.25) is 0 Å². The first kappa shape index (κ1) is 11.3. The lowest BCUT2D eigenvalue weighted by Gasteiger charge is -2.23. The molecule has 1 N–H and O–H groups in total. The number of furan rings is 1. The molecule has 1 saturated carbocycles. The summed E-state index contributed by atoms with van der Waals surface area (Å²) in [4.78, 5) is 8.51. The summed E-state index contributed by atoms with van der Waals surface area (Å²) in [6.07, 6.45) is 9.70. The Bertz CT molecular complexity index is 490. The van der Waals surface area contributed by atoms with Crippen molar-refractivity contribution in [1.82, 2.24) is 9.97 Å². The van der Waals surface area contributed by atoms with Crippen molar-refractivity contribution in [2.24, 2.45) is 0 Å². The van der Waals surface area contributed by atoms with Crippen molar-refractivity contribution in [3.63, 3.8) is 0 Å². The average molecular weight is 243 g/mol. The molecular weight excluding hydrogens is 226 g/mol. The van der Waals surface area contributed by atoms with Crippen molar-refractivity contribution in [3.05, 3.63) is 30.8 Å². The minimum absolute atomic E-state index is 0.554. The standard InChI is InChI=1S/C14H17N3O/c1-2-5-11(6-3-1)17-14-9-12(15-10-16-14)13-7-4-8-18-13/h4,7-11H,1-3,5-6H2,(H,15,16,17). The number of nitrogens with one attached hydrogen (secondary N) is 1. The van der Waals surface area contributed by atoms with Gasteiger partial charge in [-0.15, -0.1) is 0 Å². The Labute approximate surface area is 106 Å². The lowest BCUT2D eigenvalue weighted by atomic mass is 9.95. The highest BCUT2D eigenvalue weighted by Gasteiger charge is 2.14. The molecule has 0 spiro atoms. The number of hydrogen-bond donors (Lipinski definition) is 1. The van der Waals surface area contributed by atoms with E-state index in [0.717, 1.165) is 17.3 Å². The van der Waals surface area contributed by atoms with Gasteiger partial charge >= 0.3 is 0 Å². The molecule has 1 aliphatic carbocycles. The number of hydrogen-bond acceptors (Lipinski definition) is 4. The van der Waals surface area contributed by atoms with Gasteiger partial charge in [0.05, 0.1) is 6.26 Å². The summed E-state index contributed by atoms with van der Waals surface area (Å²) in [5.74, 6) is 1.67. The Morgan fingerprint density at radius 1 is 1.17 bits per heavy atom. The van der Waals surface area contributed by atoms with Gasteiger partial charge in [-0.3, -0.25) is 0 Å². The maximum atomic E-state index is 5.35. The van der Waals surface area contributed by atoms with E-state index >= 15 is 0 Å². The van der Waals surface area contributed by atoms with Gasteiger partial charge in [-0.2, -0.15) is 0 Å². The summed E-state index contributed by atoms with van der Waals surface area (Å²) in [5, 5.41) is 3.49. The van der Waals surface area contributed by atoms with Gasteiger partial charge in [-0.25, -0.2) is 9.97 Å². The minimum Gasteiger partial charge on any atom is -0.463 e. The summed E-state index contributed by atoms with van der Waals surface area (Å²) < 4.78 is 5.35. The average Bonchev–Trinajstić information content (AvgIpc) is 2.94. The van der Waals surface area contributed by atoms with Crippen molar-refractivity contribution < 1.29 is 4.42 Å². The van der Waals surface area contributed by atoms with Crippen LogP contribution in [0, 0.1) is 0 Å². The minimum atomic E-state index is 0.554. The Kier molecular flexibility index (Phi) is 3.26. The van der Waals surface area contributed by atoms with E-state index in [0.29, 0.717) is 6.04 Å². The third kappa shape index (κ3) is 2.53. The molecule has 1 aliphatic rings. The van der Waals surface area contributed by atoms with Crippen LogP contribution in [0.4, 0.5) is 5.82 Å². The molecule has 0 radical (unpaired) electrons. The van der Waals surface area contributed by atoms with Crippen LogP contribution in [0.3, 0.4) is 0 Å². The van der Waals surface area contributed by atoms with E-state index < -0.39 is 0 Å². The van der Waals surface area contributed by atoms with E-state index in [9.17, 15) is 0 Å². The second-order valence-electron chi connectivity index (χ2n) is 4.75. The van der Waals surface area contributed by atoms with Crippen molar-refractivity contribution in [2.45, 2.75) is 38.1 Å². The lowest BCUT2D eigenvalue weighted by Crippen LogP contribution is -2.22. The SMILES string of the molecule is c1coc(-c2cc(NC3CCCCC3)ncn2)c1. The third-order valence-corrected chi connectivity index (χ3v) is 3.40. The molecule has 1 fully saturated rings. The number of nitrogens with zero attached hydrogens (tertiary/aromatic N) is 2. The van der Waals surface area contributed by atoms with Gasteiger partial charge in [-0.05, 0) is 25.0 Å². The molecule has 18 heavy (non-hydrogen) atoms. The predicted octanol–water partition coefficient (Wildman–Crippen LogP) is 3.48. The summed E-state index contributed by atoms with van der Waals surface area (Å²) in [7, 11) is 0. The summed E-state index contributed by atoms with van der Waals surface area (Å²) in [6, 6.07) is 6.28. The molecule has 3 rings (SSSR count). The molecule has 0 saturated heterocycles. The van der Waals surface area contributed by atoms with Gasteiger partial charge in [0.1, 0.15) is 17.8 Å². The fourth-order valence-electron chi connectivity index (χ4n) is 2.45. The molecule has 94 valence electrons. The number of anilines is 1. The van der Waals surface area contributed by atoms with Crippen LogP contribution in [0.15, 0.2) is 35.2 Å². The predicted molar refractivity (Wildman–Crippen MR) is 70.2 cm³/mol. The molecule has 2 heterocycles. The highest BCUT2D eigenvalue weighted by Crippen LogP contribution is 2.23. The van der Waals surface area contributed by atoms with Crippen molar-refractivity contribution in [1.29, 1.82) is 0 Å². The molecule has 0 bridgehead atoms. The van der Waals surface area contributed by atoms with Gasteiger partial charge in [0, 0.05) is 12.1 Å².